The number of nitrogens with two attached hydrogens (primary N) is 2. The van der Waals surface area contributed by atoms with Crippen LogP contribution in [0.15, 0.2) is 18.2 Å². The van der Waals surface area contributed by atoms with Gasteiger partial charge >= 0.3 is 0 Å². The van der Waals surface area contributed by atoms with Gasteiger partial charge in [0, 0.05) is 17.6 Å². The maximum absolute atomic E-state index is 13.4. The highest BCUT2D eigenvalue weighted by Gasteiger charge is 2.33. The number of carbonyl (C=O) groups is 1. The number of anilines is 1. The number of halogens is 1. The minimum atomic E-state index is -0.636. The molecule has 4 nitrogen and oxygen atoms in total. The van der Waals surface area contributed by atoms with E-state index < -0.39 is 11.7 Å². The van der Waals surface area contributed by atoms with Crippen molar-refractivity contribution >= 4 is 11.6 Å². The molecule has 2 atom stereocenters. The molecule has 5 heteroatoms. The van der Waals surface area contributed by atoms with E-state index in [4.69, 9.17) is 11.5 Å². The van der Waals surface area contributed by atoms with Crippen molar-refractivity contribution in [3.05, 3.63) is 29.6 Å². The van der Waals surface area contributed by atoms with Crippen molar-refractivity contribution in [3.63, 3.8) is 0 Å². The van der Waals surface area contributed by atoms with Crippen molar-refractivity contribution in [1.29, 1.82) is 0 Å². The second-order valence-electron chi connectivity index (χ2n) is 3.71. The lowest BCUT2D eigenvalue weighted by molar-refractivity contribution is 0.1000. The number of carbonyl (C=O) groups excluding carboxylic acids is 1. The molecular formula is C10H12FN3O. The third-order valence-electron chi connectivity index (χ3n) is 2.43. The fourth-order valence-electron chi connectivity index (χ4n) is 1.37. The standard InChI is InChI=1S/C10H12FN3O/c11-6-3-5(10(13)15)1-2-8(6)14-9-4-7(9)12/h1-3,7,9,14H,4,12H2,(H2,13,15). The number of nitrogens with one attached hydrogen (secondary N) is 1. The van der Waals surface area contributed by atoms with Gasteiger partial charge in [0.05, 0.1) is 5.69 Å². The van der Waals surface area contributed by atoms with Crippen LogP contribution in [0.2, 0.25) is 0 Å². The van der Waals surface area contributed by atoms with Crippen molar-refractivity contribution in [2.75, 3.05) is 5.32 Å². The van der Waals surface area contributed by atoms with Gasteiger partial charge in [-0.1, -0.05) is 0 Å². The molecule has 5 N–H and O–H groups in total. The number of rotatable bonds is 3. The van der Waals surface area contributed by atoms with E-state index in [1.165, 1.54) is 12.1 Å². The average molecular weight is 209 g/mol. The van der Waals surface area contributed by atoms with Crippen LogP contribution >= 0.6 is 0 Å². The van der Waals surface area contributed by atoms with Gasteiger partial charge in [0.2, 0.25) is 5.91 Å². The van der Waals surface area contributed by atoms with E-state index in [1.54, 1.807) is 0 Å². The molecule has 0 radical (unpaired) electrons. The van der Waals surface area contributed by atoms with Gasteiger partial charge < -0.3 is 16.8 Å². The molecule has 1 aromatic carbocycles. The van der Waals surface area contributed by atoms with E-state index in [-0.39, 0.29) is 17.6 Å². The topological polar surface area (TPSA) is 81.1 Å². The number of hydrogen-bond donors (Lipinski definition) is 3. The molecule has 0 spiro atoms. The van der Waals surface area contributed by atoms with E-state index in [0.717, 1.165) is 12.5 Å². The van der Waals surface area contributed by atoms with Gasteiger partial charge in [-0.05, 0) is 24.6 Å². The Balaban J connectivity index is 2.15. The smallest absolute Gasteiger partial charge is 0.248 e. The zero-order valence-corrected chi connectivity index (χ0v) is 8.03. The second-order valence-corrected chi connectivity index (χ2v) is 3.71. The van der Waals surface area contributed by atoms with Crippen LogP contribution in [-0.4, -0.2) is 18.0 Å². The molecule has 1 aromatic rings. The van der Waals surface area contributed by atoms with Gasteiger partial charge in [-0.2, -0.15) is 0 Å². The zero-order valence-electron chi connectivity index (χ0n) is 8.03. The minimum Gasteiger partial charge on any atom is -0.378 e. The molecule has 1 amide bonds. The number of amides is 1. The molecule has 1 saturated carbocycles. The van der Waals surface area contributed by atoms with Crippen molar-refractivity contribution in [2.45, 2.75) is 18.5 Å². The Bertz CT molecular complexity index is 408. The SMILES string of the molecule is NC(=O)c1ccc(NC2CC2N)c(F)c1. The van der Waals surface area contributed by atoms with Gasteiger partial charge in [0.1, 0.15) is 5.82 Å². The largest absolute Gasteiger partial charge is 0.378 e. The normalized spacial score (nSPS) is 23.6. The second kappa shape index (κ2) is 3.51. The molecule has 1 fully saturated rings. The van der Waals surface area contributed by atoms with Crippen molar-refractivity contribution < 1.29 is 9.18 Å². The molecule has 80 valence electrons. The summed E-state index contributed by atoms with van der Waals surface area (Å²) >= 11 is 0. The highest BCUT2D eigenvalue weighted by molar-refractivity contribution is 5.93. The Morgan fingerprint density at radius 2 is 2.20 bits per heavy atom. The van der Waals surface area contributed by atoms with E-state index in [0.29, 0.717) is 5.69 Å². The Labute approximate surface area is 86.4 Å². The van der Waals surface area contributed by atoms with Gasteiger partial charge in [-0.3, -0.25) is 4.79 Å². The summed E-state index contributed by atoms with van der Waals surface area (Å²) in [5.41, 5.74) is 11.1. The summed E-state index contributed by atoms with van der Waals surface area (Å²) in [4.78, 5) is 10.8. The molecule has 0 saturated heterocycles. The van der Waals surface area contributed by atoms with Crippen LogP contribution in [0.25, 0.3) is 0 Å². The summed E-state index contributed by atoms with van der Waals surface area (Å²) in [7, 11) is 0. The van der Waals surface area contributed by atoms with E-state index >= 15 is 0 Å². The van der Waals surface area contributed by atoms with E-state index in [9.17, 15) is 9.18 Å². The molecule has 15 heavy (non-hydrogen) atoms. The molecule has 1 aliphatic rings. The summed E-state index contributed by atoms with van der Waals surface area (Å²) in [6, 6.07) is 4.35. The van der Waals surface area contributed by atoms with Gasteiger partial charge in [-0.25, -0.2) is 4.39 Å². The highest BCUT2D eigenvalue weighted by Crippen LogP contribution is 2.25. The number of primary amides is 1. The number of hydrogen-bond acceptors (Lipinski definition) is 3. The zero-order chi connectivity index (χ0) is 11.0. The Morgan fingerprint density at radius 1 is 1.53 bits per heavy atom. The Hall–Kier alpha value is -1.62. The van der Waals surface area contributed by atoms with Crippen molar-refractivity contribution in [2.24, 2.45) is 11.5 Å². The maximum atomic E-state index is 13.4. The fourth-order valence-corrected chi connectivity index (χ4v) is 1.37. The molecular weight excluding hydrogens is 197 g/mol. The summed E-state index contributed by atoms with van der Waals surface area (Å²) in [6.07, 6.45) is 0.844. The third-order valence-corrected chi connectivity index (χ3v) is 2.43. The first-order valence-electron chi connectivity index (χ1n) is 4.69. The van der Waals surface area contributed by atoms with Crippen LogP contribution in [0.3, 0.4) is 0 Å². The molecule has 0 aliphatic heterocycles. The number of benzene rings is 1. The first-order valence-corrected chi connectivity index (χ1v) is 4.69. The van der Waals surface area contributed by atoms with Gasteiger partial charge in [0.15, 0.2) is 0 Å². The fraction of sp³-hybridized carbons (Fsp3) is 0.300. The predicted molar refractivity (Wildman–Crippen MR) is 54.9 cm³/mol. The lowest BCUT2D eigenvalue weighted by Crippen LogP contribution is -2.15. The Kier molecular flexibility index (Phi) is 2.32. The summed E-state index contributed by atoms with van der Waals surface area (Å²) in [5.74, 6) is -1.12. The van der Waals surface area contributed by atoms with Gasteiger partial charge in [-0.15, -0.1) is 0 Å². The first-order chi connectivity index (χ1) is 7.08. The van der Waals surface area contributed by atoms with Crippen LogP contribution in [-0.2, 0) is 0 Å². The quantitative estimate of drug-likeness (QED) is 0.675. The monoisotopic (exact) mass is 209 g/mol. The molecule has 0 aromatic heterocycles. The van der Waals surface area contributed by atoms with Crippen LogP contribution in [0.5, 0.6) is 0 Å². The molecule has 1 aliphatic carbocycles. The van der Waals surface area contributed by atoms with E-state index in [1.807, 2.05) is 0 Å². The lowest BCUT2D eigenvalue weighted by Gasteiger charge is -2.06. The summed E-state index contributed by atoms with van der Waals surface area (Å²) in [6.45, 7) is 0. The lowest BCUT2D eigenvalue weighted by atomic mass is 10.2. The average Bonchev–Trinajstić information content (AvgIpc) is 2.85. The predicted octanol–water partition coefficient (Wildman–Crippen LogP) is 0.436. The molecule has 0 bridgehead atoms. The molecule has 2 unspecified atom stereocenters. The Morgan fingerprint density at radius 3 is 2.67 bits per heavy atom. The van der Waals surface area contributed by atoms with Crippen LogP contribution < -0.4 is 16.8 Å². The molecule has 0 heterocycles. The van der Waals surface area contributed by atoms with Crippen LogP contribution in [0, 0.1) is 5.82 Å². The summed E-state index contributed by atoms with van der Waals surface area (Å²) < 4.78 is 13.4. The third kappa shape index (κ3) is 2.07. The maximum Gasteiger partial charge on any atom is 0.248 e. The van der Waals surface area contributed by atoms with Crippen LogP contribution in [0.4, 0.5) is 10.1 Å². The highest BCUT2D eigenvalue weighted by atomic mass is 19.1. The van der Waals surface area contributed by atoms with E-state index in [2.05, 4.69) is 5.32 Å². The minimum absolute atomic E-state index is 0.0974. The van der Waals surface area contributed by atoms with Crippen molar-refractivity contribution in [3.8, 4) is 0 Å². The van der Waals surface area contributed by atoms with Crippen molar-refractivity contribution in [1.82, 2.24) is 0 Å². The molecule has 2 rings (SSSR count). The first kappa shape index (κ1) is 9.92. The van der Waals surface area contributed by atoms with Gasteiger partial charge in [0.25, 0.3) is 0 Å². The summed E-state index contributed by atoms with van der Waals surface area (Å²) in [5, 5.41) is 2.95. The van der Waals surface area contributed by atoms with Crippen LogP contribution in [0.1, 0.15) is 16.8 Å².